The number of carbonyl (C=O) groups excluding carboxylic acids is 2. The third kappa shape index (κ3) is 4.83. The lowest BCUT2D eigenvalue weighted by atomic mass is 9.94. The van der Waals surface area contributed by atoms with Crippen molar-refractivity contribution < 1.29 is 29.3 Å². The average Bonchev–Trinajstić information content (AvgIpc) is 2.80. The summed E-state index contributed by atoms with van der Waals surface area (Å²) in [6.07, 6.45) is 0.111. The van der Waals surface area contributed by atoms with E-state index in [1.54, 1.807) is 36.4 Å². The number of diazo groups is 2. The van der Waals surface area contributed by atoms with E-state index in [9.17, 15) is 19.8 Å². The Balaban J connectivity index is 2.62. The zero-order chi connectivity index (χ0) is 23.0. The highest BCUT2D eigenvalue weighted by molar-refractivity contribution is 5.98. The van der Waals surface area contributed by atoms with Gasteiger partial charge in [-0.3, -0.25) is 0 Å². The number of esters is 2. The number of hydrogen-bond acceptors (Lipinski definition) is 8. The van der Waals surface area contributed by atoms with Crippen molar-refractivity contribution in [1.82, 2.24) is 0 Å². The topological polar surface area (TPSA) is 149 Å². The highest BCUT2D eigenvalue weighted by Gasteiger charge is 2.33. The largest absolute Gasteiger partial charge is 0.510 e. The Morgan fingerprint density at radius 3 is 1.45 bits per heavy atom. The molecule has 31 heavy (non-hydrogen) atoms. The van der Waals surface area contributed by atoms with E-state index in [0.29, 0.717) is 11.1 Å². The summed E-state index contributed by atoms with van der Waals surface area (Å²) in [5.41, 5.74) is -0.0224. The van der Waals surface area contributed by atoms with E-state index in [-0.39, 0.29) is 17.5 Å². The van der Waals surface area contributed by atoms with Crippen LogP contribution in [0, 0.1) is 10.8 Å². The maximum atomic E-state index is 11.8. The van der Waals surface area contributed by atoms with Crippen LogP contribution < -0.4 is 0 Å². The average molecular weight is 422 g/mol. The Morgan fingerprint density at radius 2 is 1.13 bits per heavy atom. The monoisotopic (exact) mass is 422 g/mol. The van der Waals surface area contributed by atoms with E-state index in [2.05, 4.69) is 19.4 Å². The highest BCUT2D eigenvalue weighted by Crippen LogP contribution is 2.28. The van der Waals surface area contributed by atoms with E-state index < -0.39 is 34.9 Å². The molecule has 2 aromatic carbocycles. The van der Waals surface area contributed by atoms with Crippen LogP contribution in [0.25, 0.3) is 21.5 Å². The van der Waals surface area contributed by atoms with Crippen LogP contribution in [0.5, 0.6) is 0 Å². The lowest BCUT2D eigenvalue weighted by molar-refractivity contribution is -0.136. The van der Waals surface area contributed by atoms with Crippen molar-refractivity contribution in [3.8, 4) is 0 Å². The molecule has 0 bridgehead atoms. The van der Waals surface area contributed by atoms with Gasteiger partial charge in [-0.2, -0.15) is 0 Å². The van der Waals surface area contributed by atoms with Crippen molar-refractivity contribution in [2.45, 2.75) is 6.42 Å². The molecule has 0 atom stereocenters. The minimum atomic E-state index is -1.04. The van der Waals surface area contributed by atoms with Crippen LogP contribution in [0.1, 0.15) is 22.3 Å². The zero-order valence-electron chi connectivity index (χ0n) is 16.6. The van der Waals surface area contributed by atoms with Gasteiger partial charge in [-0.1, -0.05) is 48.5 Å². The minimum absolute atomic E-state index is 0.111. The van der Waals surface area contributed by atoms with Crippen molar-refractivity contribution in [3.63, 3.8) is 0 Å². The molecule has 0 aliphatic heterocycles. The van der Waals surface area contributed by atoms with Crippen molar-refractivity contribution in [1.29, 1.82) is 10.8 Å². The van der Waals surface area contributed by atoms with Crippen LogP contribution in [-0.2, 0) is 25.5 Å². The van der Waals surface area contributed by atoms with Gasteiger partial charge in [-0.05, 0) is 17.5 Å². The van der Waals surface area contributed by atoms with Gasteiger partial charge in [-0.15, -0.1) is 0 Å². The van der Waals surface area contributed by atoms with E-state index in [0.717, 1.165) is 14.2 Å². The third-order valence-electron chi connectivity index (χ3n) is 4.33. The molecule has 0 saturated carbocycles. The van der Waals surface area contributed by atoms with Crippen molar-refractivity contribution in [2.75, 3.05) is 14.2 Å². The SMILES string of the molecule is COC(=O)/C([N+]#N)=C(\O)c1ccccc1Cc1ccccc1/C(O)=C(\[N+]#N)C(=O)OC. The first-order valence-corrected chi connectivity index (χ1v) is 8.79. The van der Waals surface area contributed by atoms with Crippen LogP contribution in [-0.4, -0.2) is 36.4 Å². The maximum absolute atomic E-state index is 11.8. The second kappa shape index (κ2) is 10.2. The number of hydrogen-bond donors (Lipinski definition) is 2. The summed E-state index contributed by atoms with van der Waals surface area (Å²) in [7, 11) is 2.15. The maximum Gasteiger partial charge on any atom is 0.510 e. The predicted molar refractivity (Wildman–Crippen MR) is 109 cm³/mol. The summed E-state index contributed by atoms with van der Waals surface area (Å²) in [6.45, 7) is 0. The van der Waals surface area contributed by atoms with Crippen molar-refractivity contribution >= 4 is 23.5 Å². The van der Waals surface area contributed by atoms with E-state index in [1.807, 2.05) is 0 Å². The third-order valence-corrected chi connectivity index (χ3v) is 4.33. The molecule has 10 heteroatoms. The fourth-order valence-electron chi connectivity index (χ4n) is 2.83. The van der Waals surface area contributed by atoms with Gasteiger partial charge >= 0.3 is 23.3 Å². The molecule has 2 N–H and O–H groups in total. The Bertz CT molecular complexity index is 1080. The van der Waals surface area contributed by atoms with Crippen LogP contribution in [0.4, 0.5) is 0 Å². The van der Waals surface area contributed by atoms with Gasteiger partial charge in [0.15, 0.2) is 9.95 Å². The van der Waals surface area contributed by atoms with Crippen molar-refractivity contribution in [2.24, 2.45) is 0 Å². The van der Waals surface area contributed by atoms with E-state index in [1.165, 1.54) is 12.1 Å². The number of ether oxygens (including phenoxy) is 2. The second-order valence-electron chi connectivity index (χ2n) is 6.07. The Morgan fingerprint density at radius 1 is 0.774 bits per heavy atom. The molecule has 156 valence electrons. The molecule has 0 aromatic heterocycles. The summed E-state index contributed by atoms with van der Waals surface area (Å²) < 4.78 is 9.00. The van der Waals surface area contributed by atoms with Gasteiger partial charge < -0.3 is 19.7 Å². The molecular formula is C21H18N4O6+2. The lowest BCUT2D eigenvalue weighted by Gasteiger charge is -2.11. The van der Waals surface area contributed by atoms with Gasteiger partial charge in [0, 0.05) is 11.1 Å². The van der Waals surface area contributed by atoms with Gasteiger partial charge in [-0.25, -0.2) is 9.59 Å². The lowest BCUT2D eigenvalue weighted by Crippen LogP contribution is -2.07. The summed E-state index contributed by atoms with van der Waals surface area (Å²) in [6, 6.07) is 12.9. The molecule has 0 unspecified atom stereocenters. The molecule has 0 amide bonds. The van der Waals surface area contributed by atoms with Crippen LogP contribution in [0.15, 0.2) is 59.9 Å². The van der Waals surface area contributed by atoms with Gasteiger partial charge in [0.25, 0.3) is 0 Å². The number of aliphatic hydroxyl groups excluding tert-OH is 2. The molecular weight excluding hydrogens is 404 g/mol. The van der Waals surface area contributed by atoms with Crippen LogP contribution >= 0.6 is 0 Å². The van der Waals surface area contributed by atoms with E-state index >= 15 is 0 Å². The Kier molecular flexibility index (Phi) is 7.42. The first-order valence-electron chi connectivity index (χ1n) is 8.79. The van der Waals surface area contributed by atoms with Gasteiger partial charge in [0.2, 0.25) is 22.3 Å². The fraction of sp³-hybridized carbons (Fsp3) is 0.143. The summed E-state index contributed by atoms with van der Waals surface area (Å²) in [5, 5.41) is 39.2. The summed E-state index contributed by atoms with van der Waals surface area (Å²) in [5.74, 6) is -3.29. The molecule has 0 heterocycles. The normalized spacial score (nSPS) is 11.9. The molecule has 0 fully saturated rings. The molecule has 2 aromatic rings. The Hall–Kier alpha value is -4.70. The molecule has 0 radical (unpaired) electrons. The zero-order valence-corrected chi connectivity index (χ0v) is 16.6. The van der Waals surface area contributed by atoms with Crippen molar-refractivity contribution in [3.05, 3.63) is 92.1 Å². The fourth-order valence-corrected chi connectivity index (χ4v) is 2.83. The molecule has 2 rings (SSSR count). The number of aliphatic hydroxyl groups is 2. The van der Waals surface area contributed by atoms with Crippen LogP contribution in [0.3, 0.4) is 0 Å². The quantitative estimate of drug-likeness (QED) is 0.309. The minimum Gasteiger partial charge on any atom is -0.501 e. The molecule has 0 aliphatic carbocycles. The molecule has 0 spiro atoms. The number of benzene rings is 2. The molecule has 0 aliphatic rings. The first-order chi connectivity index (χ1) is 14.9. The van der Waals surface area contributed by atoms with Gasteiger partial charge in [0.05, 0.1) is 14.2 Å². The summed E-state index contributed by atoms with van der Waals surface area (Å²) in [4.78, 5) is 29.1. The highest BCUT2D eigenvalue weighted by atomic mass is 16.5. The predicted octanol–water partition coefficient (Wildman–Crippen LogP) is 3.78. The number of methoxy groups -OCH3 is 2. The first kappa shape index (κ1) is 22.6. The molecule has 10 nitrogen and oxygen atoms in total. The Labute approximate surface area is 176 Å². The second-order valence-corrected chi connectivity index (χ2v) is 6.07. The standard InChI is InChI=1S/C21H16N4O6/c1-30-20(28)16(24-22)18(26)14-9-5-3-7-12(14)11-13-8-4-6-10-15(13)19(27)17(25-23)21(29)31-2/h3-10H,11H2,1-2H3/p+2. The number of carbonyl (C=O) groups is 2. The van der Waals surface area contributed by atoms with Crippen LogP contribution in [0.2, 0.25) is 0 Å². The smallest absolute Gasteiger partial charge is 0.501 e. The number of rotatable bonds is 6. The van der Waals surface area contributed by atoms with Gasteiger partial charge in [0.1, 0.15) is 0 Å². The summed E-state index contributed by atoms with van der Waals surface area (Å²) >= 11 is 0. The van der Waals surface area contributed by atoms with E-state index in [4.69, 9.17) is 10.8 Å². The molecule has 0 saturated heterocycles. The number of nitrogens with zero attached hydrogens (tertiary/aromatic N) is 4.